The van der Waals surface area contributed by atoms with Gasteiger partial charge in [0.25, 0.3) is 15.9 Å². The first-order chi connectivity index (χ1) is 12.3. The zero-order valence-corrected chi connectivity index (χ0v) is 14.8. The van der Waals surface area contributed by atoms with Crippen LogP contribution in [0.1, 0.15) is 15.9 Å². The van der Waals surface area contributed by atoms with Crippen molar-refractivity contribution in [2.75, 3.05) is 6.61 Å². The van der Waals surface area contributed by atoms with Crippen LogP contribution in [-0.2, 0) is 14.8 Å². The third kappa shape index (κ3) is 3.71. The Labute approximate surface area is 154 Å². The summed E-state index contributed by atoms with van der Waals surface area (Å²) in [7, 11) is -4.11. The number of fused-ring (bicyclic) bond motifs is 1. The maximum absolute atomic E-state index is 12.3. The number of halogens is 1. The minimum absolute atomic E-state index is 0.0728. The number of sulfonamides is 1. The summed E-state index contributed by atoms with van der Waals surface area (Å²) in [5.41, 5.74) is 5.99. The van der Waals surface area contributed by atoms with Crippen molar-refractivity contribution in [2.45, 2.75) is 4.90 Å². The van der Waals surface area contributed by atoms with Crippen LogP contribution in [0.4, 0.5) is 0 Å². The fraction of sp³-hybridized carbons (Fsp3) is 0.0588. The summed E-state index contributed by atoms with van der Waals surface area (Å²) in [6, 6.07) is 9.85. The molecule has 2 aromatic rings. The standard InChI is InChI=1S/C17H13ClN2O5S/c18-13-3-6-15-11(8-13)7-12(9-25-15)17(22)20-26(23,24)14-4-1-10(2-5-14)16(19)21/h1-8H,9H2,(H2,19,21)(H,20,22). The van der Waals surface area contributed by atoms with Gasteiger partial charge < -0.3 is 10.5 Å². The maximum atomic E-state index is 12.3. The first-order valence-corrected chi connectivity index (χ1v) is 9.22. The van der Waals surface area contributed by atoms with Gasteiger partial charge in [-0.1, -0.05) is 11.6 Å². The van der Waals surface area contributed by atoms with Gasteiger partial charge in [0.15, 0.2) is 0 Å². The first-order valence-electron chi connectivity index (χ1n) is 7.36. The molecule has 0 unspecified atom stereocenters. The van der Waals surface area contributed by atoms with Gasteiger partial charge in [0.05, 0.1) is 10.5 Å². The maximum Gasteiger partial charge on any atom is 0.264 e. The number of primary amides is 1. The lowest BCUT2D eigenvalue weighted by molar-refractivity contribution is -0.116. The first kappa shape index (κ1) is 18.0. The van der Waals surface area contributed by atoms with E-state index in [0.29, 0.717) is 16.3 Å². The lowest BCUT2D eigenvalue weighted by Gasteiger charge is -2.17. The van der Waals surface area contributed by atoms with Gasteiger partial charge in [0.1, 0.15) is 12.4 Å². The van der Waals surface area contributed by atoms with Gasteiger partial charge in [-0.3, -0.25) is 9.59 Å². The third-order valence-electron chi connectivity index (χ3n) is 3.65. The van der Waals surface area contributed by atoms with Crippen LogP contribution in [0.2, 0.25) is 5.02 Å². The number of nitrogens with one attached hydrogen (secondary N) is 1. The zero-order valence-electron chi connectivity index (χ0n) is 13.2. The summed E-state index contributed by atoms with van der Waals surface area (Å²) in [5, 5.41) is 0.465. The minimum atomic E-state index is -4.11. The molecule has 1 aliphatic heterocycles. The SMILES string of the molecule is NC(=O)c1ccc(S(=O)(=O)NC(=O)C2=Cc3cc(Cl)ccc3OC2)cc1. The van der Waals surface area contributed by atoms with E-state index >= 15 is 0 Å². The van der Waals surface area contributed by atoms with Crippen molar-refractivity contribution in [1.29, 1.82) is 0 Å². The Kier molecular flexibility index (Phi) is 4.71. The quantitative estimate of drug-likeness (QED) is 0.821. The minimum Gasteiger partial charge on any atom is -0.488 e. The van der Waals surface area contributed by atoms with E-state index in [0.717, 1.165) is 0 Å². The Morgan fingerprint density at radius 3 is 2.46 bits per heavy atom. The molecule has 26 heavy (non-hydrogen) atoms. The number of hydrogen-bond acceptors (Lipinski definition) is 5. The fourth-order valence-corrected chi connectivity index (χ4v) is 3.49. The fourth-order valence-electron chi connectivity index (χ4n) is 2.32. The number of carbonyl (C=O) groups excluding carboxylic acids is 2. The molecule has 0 saturated carbocycles. The molecule has 2 aromatic carbocycles. The topological polar surface area (TPSA) is 116 Å². The van der Waals surface area contributed by atoms with Gasteiger partial charge in [-0.2, -0.15) is 0 Å². The van der Waals surface area contributed by atoms with Crippen molar-refractivity contribution in [3.05, 3.63) is 64.2 Å². The van der Waals surface area contributed by atoms with Crippen LogP contribution < -0.4 is 15.2 Å². The van der Waals surface area contributed by atoms with Crippen LogP contribution in [0, 0.1) is 0 Å². The molecule has 3 rings (SSSR count). The van der Waals surface area contributed by atoms with E-state index in [1.165, 1.54) is 30.3 Å². The molecule has 0 fully saturated rings. The number of benzene rings is 2. The van der Waals surface area contributed by atoms with Gasteiger partial charge in [0, 0.05) is 16.1 Å². The van der Waals surface area contributed by atoms with E-state index in [-0.39, 0.29) is 22.6 Å². The highest BCUT2D eigenvalue weighted by Crippen LogP contribution is 2.29. The zero-order chi connectivity index (χ0) is 18.9. The van der Waals surface area contributed by atoms with Crippen molar-refractivity contribution in [2.24, 2.45) is 5.73 Å². The number of amides is 2. The van der Waals surface area contributed by atoms with E-state index in [9.17, 15) is 18.0 Å². The molecule has 0 spiro atoms. The molecule has 134 valence electrons. The van der Waals surface area contributed by atoms with Crippen molar-refractivity contribution in [3.8, 4) is 5.75 Å². The van der Waals surface area contributed by atoms with Crippen molar-refractivity contribution in [3.63, 3.8) is 0 Å². The van der Waals surface area contributed by atoms with Crippen molar-refractivity contribution in [1.82, 2.24) is 4.72 Å². The summed E-state index contributed by atoms with van der Waals surface area (Å²) in [6.45, 7) is -0.0728. The second-order valence-corrected chi connectivity index (χ2v) is 7.58. The average Bonchev–Trinajstić information content (AvgIpc) is 2.60. The number of nitrogens with two attached hydrogens (primary N) is 1. The highest BCUT2D eigenvalue weighted by atomic mass is 35.5. The molecule has 1 heterocycles. The molecule has 7 nitrogen and oxygen atoms in total. The molecule has 0 bridgehead atoms. The second kappa shape index (κ2) is 6.81. The summed E-state index contributed by atoms with van der Waals surface area (Å²) in [6.07, 6.45) is 1.52. The monoisotopic (exact) mass is 392 g/mol. The van der Waals surface area contributed by atoms with Crippen LogP contribution in [0.3, 0.4) is 0 Å². The molecule has 1 aliphatic rings. The molecule has 0 atom stereocenters. The van der Waals surface area contributed by atoms with Gasteiger partial charge in [-0.15, -0.1) is 0 Å². The molecular weight excluding hydrogens is 380 g/mol. The van der Waals surface area contributed by atoms with E-state index in [1.807, 2.05) is 4.72 Å². The molecule has 9 heteroatoms. The molecule has 0 aliphatic carbocycles. The van der Waals surface area contributed by atoms with Crippen molar-refractivity contribution >= 4 is 39.5 Å². The highest BCUT2D eigenvalue weighted by molar-refractivity contribution is 7.90. The van der Waals surface area contributed by atoms with Gasteiger partial charge in [-0.05, 0) is 48.5 Å². The average molecular weight is 393 g/mol. The number of hydrogen-bond donors (Lipinski definition) is 2. The van der Waals surface area contributed by atoms with E-state index in [4.69, 9.17) is 22.1 Å². The van der Waals surface area contributed by atoms with Crippen LogP contribution in [-0.4, -0.2) is 26.8 Å². The number of ether oxygens (including phenoxy) is 1. The second-order valence-electron chi connectivity index (χ2n) is 5.46. The van der Waals surface area contributed by atoms with Gasteiger partial charge in [-0.25, -0.2) is 13.1 Å². The smallest absolute Gasteiger partial charge is 0.264 e. The Morgan fingerprint density at radius 2 is 1.81 bits per heavy atom. The number of rotatable bonds is 4. The van der Waals surface area contributed by atoms with Crippen molar-refractivity contribution < 1.29 is 22.7 Å². The Bertz CT molecular complexity index is 1030. The van der Waals surface area contributed by atoms with Crippen LogP contribution in [0.5, 0.6) is 5.75 Å². The summed E-state index contributed by atoms with van der Waals surface area (Å²) in [4.78, 5) is 23.2. The van der Waals surface area contributed by atoms with Crippen LogP contribution in [0.25, 0.3) is 6.08 Å². The summed E-state index contributed by atoms with van der Waals surface area (Å²) >= 11 is 5.91. The normalized spacial score (nSPS) is 13.2. The lowest BCUT2D eigenvalue weighted by atomic mass is 10.1. The molecule has 0 radical (unpaired) electrons. The van der Waals surface area contributed by atoms with E-state index in [2.05, 4.69) is 0 Å². The predicted molar refractivity (Wildman–Crippen MR) is 95.2 cm³/mol. The van der Waals surface area contributed by atoms with Crippen LogP contribution >= 0.6 is 11.6 Å². The van der Waals surface area contributed by atoms with E-state index in [1.54, 1.807) is 18.2 Å². The number of carbonyl (C=O) groups is 2. The molecule has 2 amide bonds. The Morgan fingerprint density at radius 1 is 1.12 bits per heavy atom. The molecule has 0 aromatic heterocycles. The Hall–Kier alpha value is -2.84. The lowest BCUT2D eigenvalue weighted by Crippen LogP contribution is -2.33. The highest BCUT2D eigenvalue weighted by Gasteiger charge is 2.23. The third-order valence-corrected chi connectivity index (χ3v) is 5.23. The van der Waals surface area contributed by atoms with Crippen LogP contribution in [0.15, 0.2) is 52.9 Å². The predicted octanol–water partition coefficient (Wildman–Crippen LogP) is 1.72. The largest absolute Gasteiger partial charge is 0.488 e. The molecule has 0 saturated heterocycles. The molecule has 3 N–H and O–H groups in total. The van der Waals surface area contributed by atoms with E-state index < -0.39 is 21.8 Å². The Balaban J connectivity index is 1.82. The van der Waals surface area contributed by atoms with Gasteiger partial charge in [0.2, 0.25) is 5.91 Å². The summed E-state index contributed by atoms with van der Waals surface area (Å²) in [5.74, 6) is -0.940. The van der Waals surface area contributed by atoms with Gasteiger partial charge >= 0.3 is 0 Å². The summed E-state index contributed by atoms with van der Waals surface area (Å²) < 4.78 is 32.1. The molecular formula is C17H13ClN2O5S.